The van der Waals surface area contributed by atoms with Crippen LogP contribution in [0.25, 0.3) is 0 Å². The first-order valence-corrected chi connectivity index (χ1v) is 22.0. The van der Waals surface area contributed by atoms with Gasteiger partial charge in [0.25, 0.3) is 0 Å². The third-order valence-corrected chi connectivity index (χ3v) is 10.4. The van der Waals surface area contributed by atoms with Gasteiger partial charge in [0.2, 0.25) is 0 Å². The van der Waals surface area contributed by atoms with Crippen molar-refractivity contribution < 1.29 is 39.2 Å². The quantitative estimate of drug-likeness (QED) is 0.0207. The zero-order valence-corrected chi connectivity index (χ0v) is 34.9. The van der Waals surface area contributed by atoms with Crippen LogP contribution >= 0.6 is 11.8 Å². The molecule has 0 aliphatic heterocycles. The highest BCUT2D eigenvalue weighted by Gasteiger charge is 2.23. The molecular formula is C44H77NO8S. The van der Waals surface area contributed by atoms with E-state index in [9.17, 15) is 24.6 Å². The number of unbranched alkanes of at least 4 members (excludes halogenated alkanes) is 14. The fourth-order valence-electron chi connectivity index (χ4n) is 5.65. The molecule has 0 aromatic rings. The lowest BCUT2D eigenvalue weighted by atomic mass is 10.0. The number of carbonyl (C=O) groups is 3. The Hall–Kier alpha value is -2.40. The molecule has 10 heteroatoms. The maximum atomic E-state index is 12.5. The Kier molecular flexibility index (Phi) is 35.9. The number of aliphatic hydroxyl groups excluding tert-OH is 2. The monoisotopic (exact) mass is 780 g/mol. The predicted molar refractivity (Wildman–Crippen MR) is 224 cm³/mol. The van der Waals surface area contributed by atoms with Crippen molar-refractivity contribution in [1.29, 1.82) is 0 Å². The average molecular weight is 780 g/mol. The van der Waals surface area contributed by atoms with E-state index in [0.717, 1.165) is 38.0 Å². The van der Waals surface area contributed by atoms with Gasteiger partial charge in [0.15, 0.2) is 0 Å². The van der Waals surface area contributed by atoms with Crippen LogP contribution in [0.2, 0.25) is 0 Å². The van der Waals surface area contributed by atoms with Gasteiger partial charge in [-0.1, -0.05) is 159 Å². The molecule has 0 aliphatic rings. The van der Waals surface area contributed by atoms with E-state index in [2.05, 4.69) is 39.0 Å². The summed E-state index contributed by atoms with van der Waals surface area (Å²) in [6.45, 7) is 6.16. The molecule has 0 saturated carbocycles. The SMILES string of the molecule is CCCCC/C=C\C\C=C/C=C/C=C/[C@@H](SC[C@H](N)C(=O)OC[C@@H](O)COC(=O)CCCCCCCCCCCCCCC(C)C)[C@@H](O)CCCC(=O)O. The number of hydrogen-bond donors (Lipinski definition) is 4. The number of allylic oxidation sites excluding steroid dienone is 7. The van der Waals surface area contributed by atoms with E-state index in [-0.39, 0.29) is 37.8 Å². The van der Waals surface area contributed by atoms with Gasteiger partial charge in [0.05, 0.1) is 6.10 Å². The van der Waals surface area contributed by atoms with Gasteiger partial charge in [-0.05, 0) is 44.4 Å². The Morgan fingerprint density at radius 2 is 1.30 bits per heavy atom. The summed E-state index contributed by atoms with van der Waals surface area (Å²) in [6.07, 6.45) is 36.2. The fourth-order valence-corrected chi connectivity index (χ4v) is 6.78. The topological polar surface area (TPSA) is 156 Å². The lowest BCUT2D eigenvalue weighted by molar-refractivity contribution is -0.153. The molecule has 0 aromatic carbocycles. The average Bonchev–Trinajstić information content (AvgIpc) is 3.14. The summed E-state index contributed by atoms with van der Waals surface area (Å²) in [7, 11) is 0. The minimum atomic E-state index is -1.16. The van der Waals surface area contributed by atoms with Crippen LogP contribution < -0.4 is 5.73 Å². The van der Waals surface area contributed by atoms with Crippen molar-refractivity contribution in [3.05, 3.63) is 48.6 Å². The largest absolute Gasteiger partial charge is 0.481 e. The molecule has 0 aromatic heterocycles. The van der Waals surface area contributed by atoms with Crippen LogP contribution in [0.4, 0.5) is 0 Å². The summed E-state index contributed by atoms with van der Waals surface area (Å²) in [4.78, 5) is 35.5. The first kappa shape index (κ1) is 51.6. The van der Waals surface area contributed by atoms with Gasteiger partial charge in [-0.2, -0.15) is 0 Å². The molecule has 312 valence electrons. The Labute approximate surface area is 332 Å². The summed E-state index contributed by atoms with van der Waals surface area (Å²) in [5.41, 5.74) is 6.06. The zero-order valence-electron chi connectivity index (χ0n) is 34.1. The number of hydrogen-bond acceptors (Lipinski definition) is 9. The van der Waals surface area contributed by atoms with E-state index in [4.69, 9.17) is 20.3 Å². The van der Waals surface area contributed by atoms with Crippen LogP contribution in [0.1, 0.15) is 162 Å². The van der Waals surface area contributed by atoms with Crippen LogP contribution in [0.5, 0.6) is 0 Å². The molecule has 0 unspecified atom stereocenters. The van der Waals surface area contributed by atoms with Crippen molar-refractivity contribution in [3.8, 4) is 0 Å². The van der Waals surface area contributed by atoms with Gasteiger partial charge < -0.3 is 30.5 Å². The second-order valence-electron chi connectivity index (χ2n) is 14.8. The number of ether oxygens (including phenoxy) is 2. The molecule has 4 atom stereocenters. The van der Waals surface area contributed by atoms with Gasteiger partial charge in [-0.25, -0.2) is 0 Å². The summed E-state index contributed by atoms with van der Waals surface area (Å²) >= 11 is 1.27. The van der Waals surface area contributed by atoms with Crippen molar-refractivity contribution in [2.45, 2.75) is 186 Å². The molecule has 0 aliphatic carbocycles. The van der Waals surface area contributed by atoms with Crippen molar-refractivity contribution in [3.63, 3.8) is 0 Å². The first-order valence-electron chi connectivity index (χ1n) is 21.0. The van der Waals surface area contributed by atoms with Crippen LogP contribution in [0.15, 0.2) is 48.6 Å². The summed E-state index contributed by atoms with van der Waals surface area (Å²) in [5, 5.41) is 29.5. The number of nitrogens with two attached hydrogens (primary N) is 1. The number of rotatable bonds is 37. The normalized spacial score (nSPS) is 14.4. The Bertz CT molecular complexity index is 1040. The van der Waals surface area contributed by atoms with E-state index >= 15 is 0 Å². The molecular weight excluding hydrogens is 703 g/mol. The van der Waals surface area contributed by atoms with E-state index in [0.29, 0.717) is 12.8 Å². The first-order chi connectivity index (χ1) is 26.1. The number of carboxylic acids is 1. The molecule has 0 bridgehead atoms. The van der Waals surface area contributed by atoms with E-state index < -0.39 is 35.4 Å². The van der Waals surface area contributed by atoms with Crippen molar-refractivity contribution >= 4 is 29.7 Å². The lowest BCUT2D eigenvalue weighted by Gasteiger charge is -2.21. The van der Waals surface area contributed by atoms with Crippen LogP contribution in [-0.2, 0) is 23.9 Å². The number of esters is 2. The molecule has 0 saturated heterocycles. The maximum Gasteiger partial charge on any atom is 0.323 e. The molecule has 0 amide bonds. The number of carbonyl (C=O) groups excluding carboxylic acids is 2. The minimum absolute atomic E-state index is 0.0431. The van der Waals surface area contributed by atoms with Gasteiger partial charge in [-0.3, -0.25) is 14.4 Å². The molecule has 9 nitrogen and oxygen atoms in total. The van der Waals surface area contributed by atoms with Gasteiger partial charge in [0.1, 0.15) is 25.4 Å². The fraction of sp³-hybridized carbons (Fsp3) is 0.750. The smallest absolute Gasteiger partial charge is 0.323 e. The standard InChI is InChI=1S/C44H77NO8S/c1-4-5-6-7-8-9-10-14-17-20-23-26-31-41(40(47)30-28-32-42(48)49)54-36-39(45)44(51)53-35-38(46)34-52-43(50)33-27-24-21-18-15-12-11-13-16-19-22-25-29-37(2)3/h8-9,14,17,20,23,26,31,37-41,46-47H,4-7,10-13,15-16,18-19,21-22,24-25,27-30,32-36,45H2,1-3H3,(H,48,49)/b9-8-,17-14-,23-20+,31-26+/t38-,39-,40-,41+/m0/s1. The van der Waals surface area contributed by atoms with Crippen LogP contribution in [0, 0.1) is 5.92 Å². The number of aliphatic carboxylic acids is 1. The summed E-state index contributed by atoms with van der Waals surface area (Å²) in [5.74, 6) is -1.05. The number of thioether (sulfide) groups is 1. The second-order valence-corrected chi connectivity index (χ2v) is 16.0. The maximum absolute atomic E-state index is 12.5. The lowest BCUT2D eigenvalue weighted by Crippen LogP contribution is -2.38. The molecule has 0 heterocycles. The Balaban J connectivity index is 4.32. The molecule has 5 N–H and O–H groups in total. The van der Waals surface area contributed by atoms with Crippen molar-refractivity contribution in [2.75, 3.05) is 19.0 Å². The second kappa shape index (κ2) is 37.5. The molecule has 0 rings (SSSR count). The zero-order chi connectivity index (χ0) is 40.1. The molecule has 0 fully saturated rings. The highest BCUT2D eigenvalue weighted by molar-refractivity contribution is 8.00. The highest BCUT2D eigenvalue weighted by Crippen LogP contribution is 2.22. The van der Waals surface area contributed by atoms with Gasteiger partial charge in [-0.15, -0.1) is 11.8 Å². The van der Waals surface area contributed by atoms with Gasteiger partial charge in [0, 0.05) is 23.8 Å². The van der Waals surface area contributed by atoms with E-state index in [1.54, 1.807) is 0 Å². The predicted octanol–water partition coefficient (Wildman–Crippen LogP) is 9.79. The van der Waals surface area contributed by atoms with Crippen molar-refractivity contribution in [1.82, 2.24) is 0 Å². The Morgan fingerprint density at radius 1 is 0.685 bits per heavy atom. The molecule has 0 radical (unpaired) electrons. The minimum Gasteiger partial charge on any atom is -0.481 e. The summed E-state index contributed by atoms with van der Waals surface area (Å²) in [6, 6.07) is -1.01. The van der Waals surface area contributed by atoms with Crippen LogP contribution in [0.3, 0.4) is 0 Å². The molecule has 54 heavy (non-hydrogen) atoms. The van der Waals surface area contributed by atoms with E-state index in [1.807, 2.05) is 30.4 Å². The van der Waals surface area contributed by atoms with Crippen LogP contribution in [-0.4, -0.2) is 75.7 Å². The van der Waals surface area contributed by atoms with Crippen molar-refractivity contribution in [2.24, 2.45) is 11.7 Å². The summed E-state index contributed by atoms with van der Waals surface area (Å²) < 4.78 is 10.3. The third kappa shape index (κ3) is 35.3. The highest BCUT2D eigenvalue weighted by atomic mass is 32.2. The van der Waals surface area contributed by atoms with E-state index in [1.165, 1.54) is 95.2 Å². The Morgan fingerprint density at radius 3 is 1.93 bits per heavy atom. The number of carboxylic acid groups (broad SMARTS) is 1. The number of aliphatic hydroxyl groups is 2. The third-order valence-electron chi connectivity index (χ3n) is 8.99. The van der Waals surface area contributed by atoms with Gasteiger partial charge >= 0.3 is 17.9 Å². The molecule has 0 spiro atoms.